The summed E-state index contributed by atoms with van der Waals surface area (Å²) in [5.74, 6) is -4.80. The summed E-state index contributed by atoms with van der Waals surface area (Å²) in [7, 11) is 0. The lowest BCUT2D eigenvalue weighted by Crippen LogP contribution is -2.63. The molecule has 2 aliphatic heterocycles. The summed E-state index contributed by atoms with van der Waals surface area (Å²) in [5, 5.41) is 0.422. The zero-order valence-electron chi connectivity index (χ0n) is 19.2. The third-order valence-corrected chi connectivity index (χ3v) is 4.91. The molecule has 1 saturated heterocycles. The van der Waals surface area contributed by atoms with Crippen LogP contribution in [0.1, 0.15) is 48.4 Å². The lowest BCUT2D eigenvalue weighted by Gasteiger charge is -2.44. The molecule has 3 rings (SSSR count). The Bertz CT molecular complexity index is 1020. The number of benzene rings is 1. The number of imide groups is 1. The van der Waals surface area contributed by atoms with Crippen molar-refractivity contribution in [2.45, 2.75) is 58.4 Å². The fourth-order valence-electron chi connectivity index (χ4n) is 3.64. The summed E-state index contributed by atoms with van der Waals surface area (Å²) < 4.78 is 26.5. The number of hydrogen-bond acceptors (Lipinski definition) is 12. The first-order valence-electron chi connectivity index (χ1n) is 10.4. The molecule has 2 amide bonds. The molecule has 1 fully saturated rings. The van der Waals surface area contributed by atoms with Crippen molar-refractivity contribution >= 4 is 35.7 Å². The zero-order chi connectivity index (χ0) is 25.9. The van der Waals surface area contributed by atoms with Gasteiger partial charge in [-0.25, -0.2) is 4.84 Å². The maximum Gasteiger partial charge on any atom is 0.303 e. The Labute approximate surface area is 199 Å². The summed E-state index contributed by atoms with van der Waals surface area (Å²) in [6.45, 7) is 3.83. The molecule has 1 aromatic rings. The highest BCUT2D eigenvalue weighted by Crippen LogP contribution is 2.32. The van der Waals surface area contributed by atoms with Gasteiger partial charge in [-0.2, -0.15) is 0 Å². The quantitative estimate of drug-likeness (QED) is 0.291. The number of nitrogens with zero attached hydrogens (tertiary/aromatic N) is 1. The van der Waals surface area contributed by atoms with Crippen LogP contribution < -0.4 is 0 Å². The van der Waals surface area contributed by atoms with Crippen LogP contribution >= 0.6 is 0 Å². The first-order chi connectivity index (χ1) is 16.5. The molecule has 0 spiro atoms. The Morgan fingerprint density at radius 2 is 1.26 bits per heavy atom. The largest absolute Gasteiger partial charge is 0.463 e. The van der Waals surface area contributed by atoms with Gasteiger partial charge in [-0.15, -0.1) is 5.06 Å². The van der Waals surface area contributed by atoms with Crippen molar-refractivity contribution in [2.24, 2.45) is 0 Å². The van der Waals surface area contributed by atoms with E-state index >= 15 is 0 Å². The maximum atomic E-state index is 12.8. The molecule has 2 heterocycles. The van der Waals surface area contributed by atoms with Crippen LogP contribution in [-0.4, -0.2) is 78.1 Å². The molecule has 0 bridgehead atoms. The molecular formula is C22H23NO12. The Morgan fingerprint density at radius 3 is 1.74 bits per heavy atom. The first kappa shape index (κ1) is 25.8. The van der Waals surface area contributed by atoms with E-state index in [-0.39, 0.29) is 11.1 Å². The third kappa shape index (κ3) is 5.81. The second-order valence-corrected chi connectivity index (χ2v) is 7.62. The Hall–Kier alpha value is -3.84. The van der Waals surface area contributed by atoms with E-state index in [1.165, 1.54) is 12.1 Å². The Morgan fingerprint density at radius 1 is 0.771 bits per heavy atom. The summed E-state index contributed by atoms with van der Waals surface area (Å²) in [6, 6.07) is 5.96. The molecule has 0 N–H and O–H groups in total. The van der Waals surface area contributed by atoms with E-state index in [2.05, 4.69) is 0 Å². The van der Waals surface area contributed by atoms with Gasteiger partial charge in [-0.1, -0.05) is 12.1 Å². The minimum Gasteiger partial charge on any atom is -0.463 e. The van der Waals surface area contributed by atoms with Gasteiger partial charge in [0, 0.05) is 27.7 Å². The summed E-state index contributed by atoms with van der Waals surface area (Å²) >= 11 is 0. The van der Waals surface area contributed by atoms with E-state index in [1.54, 1.807) is 12.1 Å². The lowest BCUT2D eigenvalue weighted by molar-refractivity contribution is -0.341. The van der Waals surface area contributed by atoms with E-state index < -0.39 is 73.0 Å². The van der Waals surface area contributed by atoms with E-state index in [0.29, 0.717) is 5.06 Å². The molecular weight excluding hydrogens is 470 g/mol. The van der Waals surface area contributed by atoms with Crippen LogP contribution in [0.25, 0.3) is 0 Å². The van der Waals surface area contributed by atoms with E-state index in [0.717, 1.165) is 27.7 Å². The monoisotopic (exact) mass is 493 g/mol. The van der Waals surface area contributed by atoms with E-state index in [1.807, 2.05) is 0 Å². The Kier molecular flexibility index (Phi) is 7.82. The SMILES string of the molecule is CC(=O)OC[C@H]1O[C@@H](ON2C(=O)c3ccccc3C2=O)[C@H](OC(C)=O)[C@@H](OC(C)=O)[C@@H]1OC(C)=O. The van der Waals surface area contributed by atoms with Gasteiger partial charge in [0.15, 0.2) is 18.3 Å². The fraction of sp³-hybridized carbons (Fsp3) is 0.455. The van der Waals surface area contributed by atoms with Crippen molar-refractivity contribution in [3.8, 4) is 0 Å². The van der Waals surface area contributed by atoms with Crippen LogP contribution in [0.4, 0.5) is 0 Å². The van der Waals surface area contributed by atoms with Gasteiger partial charge in [-0.3, -0.25) is 28.8 Å². The van der Waals surface area contributed by atoms with E-state index in [9.17, 15) is 28.8 Å². The molecule has 188 valence electrons. The minimum atomic E-state index is -1.71. The maximum absolute atomic E-state index is 12.8. The highest BCUT2D eigenvalue weighted by atomic mass is 16.8. The number of fused-ring (bicyclic) bond motifs is 1. The molecule has 0 unspecified atom stereocenters. The number of ether oxygens (including phenoxy) is 5. The van der Waals surface area contributed by atoms with Crippen molar-refractivity contribution in [1.82, 2.24) is 5.06 Å². The topological polar surface area (TPSA) is 161 Å². The molecule has 0 aliphatic carbocycles. The zero-order valence-corrected chi connectivity index (χ0v) is 19.2. The van der Waals surface area contributed by atoms with Crippen molar-refractivity contribution in [3.63, 3.8) is 0 Å². The van der Waals surface area contributed by atoms with Crippen molar-refractivity contribution in [1.29, 1.82) is 0 Å². The van der Waals surface area contributed by atoms with Crippen LogP contribution in [0, 0.1) is 0 Å². The Balaban J connectivity index is 1.98. The molecule has 2 aliphatic rings. The predicted octanol–water partition coefficient (Wildman–Crippen LogP) is 0.297. The number of carbonyl (C=O) groups is 6. The number of carbonyl (C=O) groups excluding carboxylic acids is 6. The smallest absolute Gasteiger partial charge is 0.303 e. The average Bonchev–Trinajstić information content (AvgIpc) is 3.00. The number of esters is 4. The van der Waals surface area contributed by atoms with Crippen LogP contribution in [0.5, 0.6) is 0 Å². The van der Waals surface area contributed by atoms with E-state index in [4.69, 9.17) is 28.5 Å². The minimum absolute atomic E-state index is 0.0723. The number of hydrogen-bond donors (Lipinski definition) is 0. The predicted molar refractivity (Wildman–Crippen MR) is 110 cm³/mol. The van der Waals surface area contributed by atoms with Crippen LogP contribution in [0.15, 0.2) is 24.3 Å². The van der Waals surface area contributed by atoms with Gasteiger partial charge in [0.05, 0.1) is 11.1 Å². The van der Waals surface area contributed by atoms with Crippen LogP contribution in [-0.2, 0) is 47.7 Å². The number of rotatable bonds is 7. The molecule has 35 heavy (non-hydrogen) atoms. The molecule has 0 radical (unpaired) electrons. The average molecular weight is 493 g/mol. The molecule has 13 heteroatoms. The lowest BCUT2D eigenvalue weighted by atomic mass is 9.98. The normalized spacial score (nSPS) is 25.5. The van der Waals surface area contributed by atoms with Gasteiger partial charge in [0.1, 0.15) is 12.7 Å². The highest BCUT2D eigenvalue weighted by Gasteiger charge is 2.54. The highest BCUT2D eigenvalue weighted by molar-refractivity contribution is 6.20. The standard InChI is InChI=1S/C22H23NO12/c1-10(24)30-9-16-17(31-11(2)25)18(32-12(3)26)19(33-13(4)27)22(34-16)35-23-20(28)14-7-5-6-8-15(14)21(23)29/h5-8,16-19,22H,9H2,1-4H3/t16-,17-,18+,19-,22+/m1/s1. The second-order valence-electron chi connectivity index (χ2n) is 7.62. The van der Waals surface area contributed by atoms with Gasteiger partial charge in [0.2, 0.25) is 6.29 Å². The summed E-state index contributed by atoms with van der Waals surface area (Å²) in [5.41, 5.74) is 0.145. The number of amides is 2. The molecule has 5 atom stereocenters. The second kappa shape index (κ2) is 10.6. The molecule has 0 saturated carbocycles. The fourth-order valence-corrected chi connectivity index (χ4v) is 3.64. The van der Waals surface area contributed by atoms with Gasteiger partial charge >= 0.3 is 23.9 Å². The first-order valence-corrected chi connectivity index (χ1v) is 10.4. The third-order valence-electron chi connectivity index (χ3n) is 4.91. The van der Waals surface area contributed by atoms with Crippen LogP contribution in [0.3, 0.4) is 0 Å². The van der Waals surface area contributed by atoms with Crippen molar-refractivity contribution in [2.75, 3.05) is 6.61 Å². The molecule has 0 aromatic heterocycles. The van der Waals surface area contributed by atoms with Gasteiger partial charge < -0.3 is 23.7 Å². The van der Waals surface area contributed by atoms with Crippen molar-refractivity contribution in [3.05, 3.63) is 35.4 Å². The van der Waals surface area contributed by atoms with Gasteiger partial charge in [0.25, 0.3) is 11.8 Å². The van der Waals surface area contributed by atoms with Crippen molar-refractivity contribution < 1.29 is 57.3 Å². The summed E-state index contributed by atoms with van der Waals surface area (Å²) in [4.78, 5) is 77.9. The summed E-state index contributed by atoms with van der Waals surface area (Å²) in [6.07, 6.45) is -7.49. The molecule has 1 aromatic carbocycles. The number of hydroxylamine groups is 2. The van der Waals surface area contributed by atoms with Crippen LogP contribution in [0.2, 0.25) is 0 Å². The van der Waals surface area contributed by atoms with Gasteiger partial charge in [-0.05, 0) is 12.1 Å². The molecule has 13 nitrogen and oxygen atoms in total.